The molecule has 0 aliphatic carbocycles. The van der Waals surface area contributed by atoms with E-state index in [-0.39, 0.29) is 23.7 Å². The summed E-state index contributed by atoms with van der Waals surface area (Å²) in [5.74, 6) is -0.405. The molecule has 0 radical (unpaired) electrons. The van der Waals surface area contributed by atoms with E-state index in [1.807, 2.05) is 18.2 Å². The first-order chi connectivity index (χ1) is 13.9. The van der Waals surface area contributed by atoms with Crippen LogP contribution >= 0.6 is 11.6 Å². The van der Waals surface area contributed by atoms with Crippen LogP contribution in [0.1, 0.15) is 23.1 Å². The van der Waals surface area contributed by atoms with Gasteiger partial charge in [-0.25, -0.2) is 4.39 Å². The maximum absolute atomic E-state index is 13.7. The lowest BCUT2D eigenvalue weighted by molar-refractivity contribution is -0.147. The monoisotopic (exact) mass is 415 g/mol. The average molecular weight is 416 g/mol. The van der Waals surface area contributed by atoms with Gasteiger partial charge in [-0.2, -0.15) is 0 Å². The Labute approximate surface area is 174 Å². The van der Waals surface area contributed by atoms with Gasteiger partial charge in [-0.15, -0.1) is 0 Å². The van der Waals surface area contributed by atoms with Gasteiger partial charge in [0.2, 0.25) is 11.8 Å². The van der Waals surface area contributed by atoms with Crippen molar-refractivity contribution in [3.8, 4) is 0 Å². The number of hydrogen-bond acceptors (Lipinski definition) is 3. The molecule has 2 aromatic carbocycles. The van der Waals surface area contributed by atoms with Crippen LogP contribution in [-0.2, 0) is 22.6 Å². The normalized spacial score (nSPS) is 23.8. The van der Waals surface area contributed by atoms with Gasteiger partial charge in [0.05, 0.1) is 0 Å². The molecule has 2 aliphatic heterocycles. The van der Waals surface area contributed by atoms with Crippen molar-refractivity contribution in [2.75, 3.05) is 6.54 Å². The fourth-order valence-electron chi connectivity index (χ4n) is 4.01. The van der Waals surface area contributed by atoms with Crippen LogP contribution in [0.15, 0.2) is 42.5 Å². The third kappa shape index (κ3) is 4.28. The molecule has 2 fully saturated rings. The summed E-state index contributed by atoms with van der Waals surface area (Å²) in [6.07, 6.45) is 0.991. The summed E-state index contributed by atoms with van der Waals surface area (Å²) in [5.41, 5.74) is 2.40. The van der Waals surface area contributed by atoms with E-state index in [0.717, 1.165) is 11.1 Å². The van der Waals surface area contributed by atoms with Gasteiger partial charge in [-0.1, -0.05) is 35.9 Å². The first-order valence-electron chi connectivity index (χ1n) is 9.74. The molecule has 0 saturated carbocycles. The largest absolute Gasteiger partial charge is 0.342 e. The van der Waals surface area contributed by atoms with E-state index in [2.05, 4.69) is 10.6 Å². The number of aryl methyl sites for hydroxylation is 1. The number of fused-ring (bicyclic) bond motifs is 1. The van der Waals surface area contributed by atoms with Crippen LogP contribution in [0, 0.1) is 12.7 Å². The summed E-state index contributed by atoms with van der Waals surface area (Å²) in [4.78, 5) is 27.2. The van der Waals surface area contributed by atoms with E-state index in [4.69, 9.17) is 11.6 Å². The van der Waals surface area contributed by atoms with Crippen molar-refractivity contribution < 1.29 is 14.0 Å². The Kier molecular flexibility index (Phi) is 5.56. The number of piperazine rings is 1. The zero-order valence-corrected chi connectivity index (χ0v) is 16.9. The molecule has 0 aromatic heterocycles. The SMILES string of the molecule is Cc1ccc(CN[C@H]2C[C@H]3C(=O)N[C@@H](Cc4ccc(Cl)cc4)C(=O)N3C2)cc1F. The number of halogens is 2. The van der Waals surface area contributed by atoms with Crippen molar-refractivity contribution in [2.45, 2.75) is 44.4 Å². The third-order valence-corrected chi connectivity index (χ3v) is 5.94. The second-order valence-electron chi connectivity index (χ2n) is 7.80. The predicted molar refractivity (Wildman–Crippen MR) is 109 cm³/mol. The first-order valence-corrected chi connectivity index (χ1v) is 10.1. The molecule has 152 valence electrons. The van der Waals surface area contributed by atoms with Crippen LogP contribution in [0.2, 0.25) is 5.02 Å². The maximum atomic E-state index is 13.7. The molecule has 3 atom stereocenters. The Hall–Kier alpha value is -2.44. The predicted octanol–water partition coefficient (Wildman–Crippen LogP) is 2.59. The molecule has 0 spiro atoms. The number of benzene rings is 2. The summed E-state index contributed by atoms with van der Waals surface area (Å²) < 4.78 is 13.7. The molecule has 2 aromatic rings. The maximum Gasteiger partial charge on any atom is 0.246 e. The summed E-state index contributed by atoms with van der Waals surface area (Å²) in [7, 11) is 0. The second-order valence-corrected chi connectivity index (χ2v) is 8.23. The highest BCUT2D eigenvalue weighted by Gasteiger charge is 2.46. The van der Waals surface area contributed by atoms with E-state index in [0.29, 0.717) is 36.5 Å². The van der Waals surface area contributed by atoms with E-state index < -0.39 is 12.1 Å². The Bertz CT molecular complexity index is 934. The van der Waals surface area contributed by atoms with Crippen LogP contribution in [0.5, 0.6) is 0 Å². The molecule has 7 heteroatoms. The molecule has 2 heterocycles. The van der Waals surface area contributed by atoms with Gasteiger partial charge >= 0.3 is 0 Å². The molecule has 0 unspecified atom stereocenters. The smallest absolute Gasteiger partial charge is 0.246 e. The Morgan fingerprint density at radius 2 is 1.90 bits per heavy atom. The van der Waals surface area contributed by atoms with Gasteiger partial charge in [-0.3, -0.25) is 9.59 Å². The van der Waals surface area contributed by atoms with Crippen LogP contribution in [0.4, 0.5) is 4.39 Å². The Balaban J connectivity index is 1.38. The van der Waals surface area contributed by atoms with Crippen molar-refractivity contribution >= 4 is 23.4 Å². The minimum Gasteiger partial charge on any atom is -0.342 e. The lowest BCUT2D eigenvalue weighted by atomic mass is 10.0. The van der Waals surface area contributed by atoms with Crippen molar-refractivity contribution in [3.05, 3.63) is 70.0 Å². The summed E-state index contributed by atoms with van der Waals surface area (Å²) >= 11 is 5.91. The molecule has 4 rings (SSSR count). The number of hydrogen-bond donors (Lipinski definition) is 2. The second kappa shape index (κ2) is 8.13. The molecular formula is C22H23ClFN3O2. The minimum absolute atomic E-state index is 0.00616. The molecule has 2 saturated heterocycles. The molecule has 5 nitrogen and oxygen atoms in total. The van der Waals surface area contributed by atoms with E-state index in [9.17, 15) is 14.0 Å². The highest BCUT2D eigenvalue weighted by molar-refractivity contribution is 6.30. The quantitative estimate of drug-likeness (QED) is 0.789. The fourth-order valence-corrected chi connectivity index (χ4v) is 4.13. The van der Waals surface area contributed by atoms with Crippen molar-refractivity contribution in [3.63, 3.8) is 0 Å². The first kappa shape index (κ1) is 19.9. The van der Waals surface area contributed by atoms with Gasteiger partial charge < -0.3 is 15.5 Å². The molecule has 2 aliphatic rings. The van der Waals surface area contributed by atoms with Gasteiger partial charge in [0.1, 0.15) is 17.9 Å². The minimum atomic E-state index is -0.565. The van der Waals surface area contributed by atoms with E-state index in [1.165, 1.54) is 6.07 Å². The lowest BCUT2D eigenvalue weighted by Crippen LogP contribution is -2.61. The average Bonchev–Trinajstić information content (AvgIpc) is 3.14. The molecule has 29 heavy (non-hydrogen) atoms. The highest BCUT2D eigenvalue weighted by atomic mass is 35.5. The van der Waals surface area contributed by atoms with E-state index >= 15 is 0 Å². The van der Waals surface area contributed by atoms with E-state index in [1.54, 1.807) is 30.0 Å². The van der Waals surface area contributed by atoms with Crippen LogP contribution < -0.4 is 10.6 Å². The molecule has 2 N–H and O–H groups in total. The fraction of sp³-hybridized carbons (Fsp3) is 0.364. The molecular weight excluding hydrogens is 393 g/mol. The number of rotatable bonds is 5. The Morgan fingerprint density at radius 1 is 1.17 bits per heavy atom. The Morgan fingerprint density at radius 3 is 2.62 bits per heavy atom. The van der Waals surface area contributed by atoms with Gasteiger partial charge in [0, 0.05) is 30.6 Å². The number of carbonyl (C=O) groups is 2. The molecule has 0 bridgehead atoms. The van der Waals surface area contributed by atoms with Gasteiger partial charge in [0.25, 0.3) is 0 Å². The van der Waals surface area contributed by atoms with Crippen molar-refractivity contribution in [1.29, 1.82) is 0 Å². The number of amides is 2. The zero-order chi connectivity index (χ0) is 20.5. The van der Waals surface area contributed by atoms with Crippen molar-refractivity contribution in [2.24, 2.45) is 0 Å². The summed E-state index contributed by atoms with van der Waals surface area (Å²) in [5, 5.41) is 6.86. The standard InChI is InChI=1S/C22H23ClFN3O2/c1-13-2-3-15(8-18(13)24)11-25-17-10-20-21(28)26-19(22(29)27(20)12-17)9-14-4-6-16(23)7-5-14/h2-8,17,19-20,25H,9-12H2,1H3,(H,26,28)/t17-,19-,20-/m0/s1. The van der Waals surface area contributed by atoms with Crippen LogP contribution in [0.25, 0.3) is 0 Å². The van der Waals surface area contributed by atoms with Gasteiger partial charge in [0.15, 0.2) is 0 Å². The summed E-state index contributed by atoms with van der Waals surface area (Å²) in [6.45, 7) is 2.70. The zero-order valence-electron chi connectivity index (χ0n) is 16.1. The van der Waals surface area contributed by atoms with Crippen LogP contribution in [-0.4, -0.2) is 41.4 Å². The van der Waals surface area contributed by atoms with Crippen molar-refractivity contribution in [1.82, 2.24) is 15.5 Å². The number of nitrogens with one attached hydrogen (secondary N) is 2. The third-order valence-electron chi connectivity index (χ3n) is 5.69. The number of carbonyl (C=O) groups excluding carboxylic acids is 2. The molecule has 2 amide bonds. The van der Waals surface area contributed by atoms with Gasteiger partial charge in [-0.05, 0) is 48.2 Å². The topological polar surface area (TPSA) is 61.4 Å². The lowest BCUT2D eigenvalue weighted by Gasteiger charge is -2.34. The van der Waals surface area contributed by atoms with Crippen LogP contribution in [0.3, 0.4) is 0 Å². The summed E-state index contributed by atoms with van der Waals surface area (Å²) in [6, 6.07) is 11.4. The highest BCUT2D eigenvalue weighted by Crippen LogP contribution is 2.24. The number of nitrogens with zero attached hydrogens (tertiary/aromatic N) is 1.